The lowest BCUT2D eigenvalue weighted by Gasteiger charge is -2.23. The van der Waals surface area contributed by atoms with Crippen LogP contribution in [0.4, 0.5) is 5.82 Å². The second kappa shape index (κ2) is 6.31. The van der Waals surface area contributed by atoms with E-state index in [1.807, 2.05) is 30.6 Å². The van der Waals surface area contributed by atoms with Gasteiger partial charge in [0.15, 0.2) is 5.82 Å². The lowest BCUT2D eigenvalue weighted by Crippen LogP contribution is -2.41. The molecule has 1 saturated heterocycles. The van der Waals surface area contributed by atoms with E-state index >= 15 is 0 Å². The summed E-state index contributed by atoms with van der Waals surface area (Å²) >= 11 is 1.59. The van der Waals surface area contributed by atoms with Gasteiger partial charge in [0.2, 0.25) is 11.8 Å². The fourth-order valence-corrected chi connectivity index (χ4v) is 3.29. The molecule has 1 fully saturated rings. The Morgan fingerprint density at radius 1 is 1.50 bits per heavy atom. The van der Waals surface area contributed by atoms with Crippen molar-refractivity contribution >= 4 is 29.0 Å². The van der Waals surface area contributed by atoms with Gasteiger partial charge >= 0.3 is 0 Å². The van der Waals surface area contributed by atoms with Gasteiger partial charge in [-0.05, 0) is 24.8 Å². The third-order valence-corrected chi connectivity index (χ3v) is 4.61. The van der Waals surface area contributed by atoms with E-state index in [0.29, 0.717) is 25.2 Å². The van der Waals surface area contributed by atoms with Gasteiger partial charge in [-0.2, -0.15) is 5.10 Å². The topological polar surface area (TPSA) is 67.2 Å². The zero-order valence-electron chi connectivity index (χ0n) is 12.4. The van der Waals surface area contributed by atoms with Crippen LogP contribution in [-0.2, 0) is 22.7 Å². The maximum Gasteiger partial charge on any atom is 0.248 e. The van der Waals surface area contributed by atoms with Crippen molar-refractivity contribution in [3.05, 3.63) is 34.7 Å². The molecule has 1 atom stereocenters. The molecule has 2 aromatic heterocycles. The van der Waals surface area contributed by atoms with Crippen molar-refractivity contribution in [3.63, 3.8) is 0 Å². The SMILES string of the molecule is CCn1ccc(NC(=O)[C@H]2CCC(=O)N2Cc2cccs2)n1. The lowest BCUT2D eigenvalue weighted by molar-refractivity contribution is -0.133. The number of thiophene rings is 1. The number of aryl methyl sites for hydroxylation is 1. The number of anilines is 1. The number of nitrogens with zero attached hydrogens (tertiary/aromatic N) is 3. The molecular weight excluding hydrogens is 300 g/mol. The molecule has 0 saturated carbocycles. The Morgan fingerprint density at radius 3 is 3.05 bits per heavy atom. The predicted octanol–water partition coefficient (Wildman–Crippen LogP) is 2.09. The highest BCUT2D eigenvalue weighted by molar-refractivity contribution is 7.09. The quantitative estimate of drug-likeness (QED) is 0.918. The van der Waals surface area contributed by atoms with Gasteiger partial charge in [-0.25, -0.2) is 0 Å². The molecule has 0 aromatic carbocycles. The molecule has 2 aromatic rings. The molecule has 116 valence electrons. The average molecular weight is 318 g/mol. The van der Waals surface area contributed by atoms with Crippen molar-refractivity contribution < 1.29 is 9.59 Å². The summed E-state index contributed by atoms with van der Waals surface area (Å²) in [6, 6.07) is 5.28. The zero-order chi connectivity index (χ0) is 15.5. The number of amides is 2. The van der Waals surface area contributed by atoms with Crippen LogP contribution in [0.2, 0.25) is 0 Å². The normalized spacial score (nSPS) is 18.0. The van der Waals surface area contributed by atoms with E-state index in [9.17, 15) is 9.59 Å². The Labute approximate surface area is 132 Å². The van der Waals surface area contributed by atoms with Crippen LogP contribution in [0.15, 0.2) is 29.8 Å². The first-order valence-electron chi connectivity index (χ1n) is 7.33. The van der Waals surface area contributed by atoms with Gasteiger partial charge in [-0.1, -0.05) is 6.07 Å². The van der Waals surface area contributed by atoms with Gasteiger partial charge in [0.1, 0.15) is 6.04 Å². The van der Waals surface area contributed by atoms with Crippen LogP contribution >= 0.6 is 11.3 Å². The number of hydrogen-bond donors (Lipinski definition) is 1. The van der Waals surface area contributed by atoms with E-state index in [1.54, 1.807) is 27.0 Å². The molecule has 3 rings (SSSR count). The Hall–Kier alpha value is -2.15. The second-order valence-electron chi connectivity index (χ2n) is 5.20. The molecule has 3 heterocycles. The van der Waals surface area contributed by atoms with Crippen molar-refractivity contribution in [2.24, 2.45) is 0 Å². The Balaban J connectivity index is 1.68. The average Bonchev–Trinajstić information content (AvgIpc) is 3.22. The van der Waals surface area contributed by atoms with E-state index in [4.69, 9.17) is 0 Å². The molecule has 0 unspecified atom stereocenters. The van der Waals surface area contributed by atoms with Crippen molar-refractivity contribution in [1.29, 1.82) is 0 Å². The maximum absolute atomic E-state index is 12.4. The molecule has 1 aliphatic heterocycles. The Kier molecular flexibility index (Phi) is 4.24. The van der Waals surface area contributed by atoms with E-state index in [0.717, 1.165) is 11.4 Å². The maximum atomic E-state index is 12.4. The number of carbonyl (C=O) groups excluding carboxylic acids is 2. The monoisotopic (exact) mass is 318 g/mol. The number of rotatable bonds is 5. The van der Waals surface area contributed by atoms with Gasteiger partial charge in [-0.15, -0.1) is 11.3 Å². The highest BCUT2D eigenvalue weighted by Gasteiger charge is 2.36. The summed E-state index contributed by atoms with van der Waals surface area (Å²) in [5.74, 6) is 0.402. The summed E-state index contributed by atoms with van der Waals surface area (Å²) in [5.41, 5.74) is 0. The Morgan fingerprint density at radius 2 is 2.36 bits per heavy atom. The van der Waals surface area contributed by atoms with Crippen LogP contribution in [0.3, 0.4) is 0 Å². The third kappa shape index (κ3) is 3.04. The van der Waals surface area contributed by atoms with E-state index in [2.05, 4.69) is 10.4 Å². The van der Waals surface area contributed by atoms with Gasteiger partial charge in [0.25, 0.3) is 0 Å². The number of nitrogens with one attached hydrogen (secondary N) is 1. The lowest BCUT2D eigenvalue weighted by atomic mass is 10.2. The fraction of sp³-hybridized carbons (Fsp3) is 0.400. The highest BCUT2D eigenvalue weighted by Crippen LogP contribution is 2.24. The first-order chi connectivity index (χ1) is 10.7. The molecule has 1 N–H and O–H groups in total. The minimum Gasteiger partial charge on any atom is -0.325 e. The molecule has 1 aliphatic rings. The molecule has 0 radical (unpaired) electrons. The van der Waals surface area contributed by atoms with Gasteiger partial charge in [0.05, 0.1) is 6.54 Å². The van der Waals surface area contributed by atoms with Gasteiger partial charge in [0, 0.05) is 30.1 Å². The van der Waals surface area contributed by atoms with Crippen LogP contribution in [0.1, 0.15) is 24.6 Å². The standard InChI is InChI=1S/C15H18N4O2S/c1-2-18-8-7-13(17-18)16-15(21)12-5-6-14(20)19(12)10-11-4-3-9-22-11/h3-4,7-9,12H,2,5-6,10H2,1H3,(H,16,17,21)/t12-/m1/s1. The summed E-state index contributed by atoms with van der Waals surface area (Å²) in [5, 5.41) is 9.03. The summed E-state index contributed by atoms with van der Waals surface area (Å²) < 4.78 is 1.75. The van der Waals surface area contributed by atoms with E-state index in [1.165, 1.54) is 0 Å². The van der Waals surface area contributed by atoms with E-state index in [-0.39, 0.29) is 11.8 Å². The van der Waals surface area contributed by atoms with Crippen LogP contribution in [0, 0.1) is 0 Å². The third-order valence-electron chi connectivity index (χ3n) is 3.75. The minimum atomic E-state index is -0.415. The number of hydrogen-bond acceptors (Lipinski definition) is 4. The van der Waals surface area contributed by atoms with Crippen molar-refractivity contribution in [2.75, 3.05) is 5.32 Å². The smallest absolute Gasteiger partial charge is 0.248 e. The predicted molar refractivity (Wildman–Crippen MR) is 84.4 cm³/mol. The van der Waals surface area contributed by atoms with Crippen molar-refractivity contribution in [3.8, 4) is 0 Å². The summed E-state index contributed by atoms with van der Waals surface area (Å²) in [6.07, 6.45) is 2.80. The number of aromatic nitrogens is 2. The number of likely N-dealkylation sites (tertiary alicyclic amines) is 1. The van der Waals surface area contributed by atoms with Crippen LogP contribution in [0.25, 0.3) is 0 Å². The van der Waals surface area contributed by atoms with E-state index < -0.39 is 6.04 Å². The summed E-state index contributed by atoms with van der Waals surface area (Å²) in [7, 11) is 0. The largest absolute Gasteiger partial charge is 0.325 e. The molecule has 7 heteroatoms. The Bertz CT molecular complexity index is 665. The molecule has 6 nitrogen and oxygen atoms in total. The molecular formula is C15H18N4O2S. The molecule has 2 amide bonds. The van der Waals surface area contributed by atoms with Crippen LogP contribution in [0.5, 0.6) is 0 Å². The second-order valence-corrected chi connectivity index (χ2v) is 6.23. The van der Waals surface area contributed by atoms with Gasteiger partial charge < -0.3 is 10.2 Å². The fourth-order valence-electron chi connectivity index (χ4n) is 2.59. The summed E-state index contributed by atoms with van der Waals surface area (Å²) in [4.78, 5) is 27.2. The summed E-state index contributed by atoms with van der Waals surface area (Å²) in [6.45, 7) is 3.23. The first-order valence-corrected chi connectivity index (χ1v) is 8.21. The first kappa shape index (κ1) is 14.8. The van der Waals surface area contributed by atoms with Crippen molar-refractivity contribution in [1.82, 2.24) is 14.7 Å². The van der Waals surface area contributed by atoms with Crippen LogP contribution < -0.4 is 5.32 Å². The number of carbonyl (C=O) groups is 2. The highest BCUT2D eigenvalue weighted by atomic mass is 32.1. The van der Waals surface area contributed by atoms with Gasteiger partial charge in [-0.3, -0.25) is 14.3 Å². The molecule has 0 spiro atoms. The minimum absolute atomic E-state index is 0.0348. The molecule has 0 aliphatic carbocycles. The van der Waals surface area contributed by atoms with Crippen LogP contribution in [-0.4, -0.2) is 32.5 Å². The van der Waals surface area contributed by atoms with Crippen molar-refractivity contribution in [2.45, 2.75) is 38.9 Å². The molecule has 22 heavy (non-hydrogen) atoms. The zero-order valence-corrected chi connectivity index (χ0v) is 13.2. The molecule has 0 bridgehead atoms.